The number of amides is 1. The number of carbonyl (C=O) groups is 1. The van der Waals surface area contributed by atoms with Crippen LogP contribution in [0, 0.1) is 0 Å². The summed E-state index contributed by atoms with van der Waals surface area (Å²) in [5, 5.41) is 18.1. The molecule has 0 fully saturated rings. The molecule has 2 heterocycles. The van der Waals surface area contributed by atoms with Crippen molar-refractivity contribution in [3.63, 3.8) is 0 Å². The summed E-state index contributed by atoms with van der Waals surface area (Å²) in [7, 11) is 3.15. The second-order valence-electron chi connectivity index (χ2n) is 7.78. The number of aromatic nitrogens is 4. The van der Waals surface area contributed by atoms with Crippen molar-refractivity contribution < 1.29 is 19.0 Å². The molecule has 2 N–H and O–H groups in total. The molecule has 1 aliphatic heterocycles. The number of methoxy groups -OCH3 is 2. The SMILES string of the molecule is CCCCOc1ccc([C@H]2C(C(=O)Nc3ccccc3OC)=C(C)Nc3nnnn32)cc1OC. The van der Waals surface area contributed by atoms with E-state index in [9.17, 15) is 4.79 Å². The van der Waals surface area contributed by atoms with Gasteiger partial charge >= 0.3 is 0 Å². The van der Waals surface area contributed by atoms with Crippen molar-refractivity contribution in [2.45, 2.75) is 32.7 Å². The molecule has 2 aromatic carbocycles. The van der Waals surface area contributed by atoms with Crippen LogP contribution in [0.5, 0.6) is 17.2 Å². The van der Waals surface area contributed by atoms with Crippen LogP contribution in [0.1, 0.15) is 38.3 Å². The van der Waals surface area contributed by atoms with Crippen LogP contribution in [-0.4, -0.2) is 46.9 Å². The lowest BCUT2D eigenvalue weighted by molar-refractivity contribution is -0.113. The minimum absolute atomic E-state index is 0.303. The van der Waals surface area contributed by atoms with Crippen LogP contribution in [0.4, 0.5) is 11.6 Å². The smallest absolute Gasteiger partial charge is 0.255 e. The summed E-state index contributed by atoms with van der Waals surface area (Å²) in [4.78, 5) is 13.6. The Kier molecular flexibility index (Phi) is 6.95. The van der Waals surface area contributed by atoms with Gasteiger partial charge in [-0.25, -0.2) is 0 Å². The van der Waals surface area contributed by atoms with E-state index in [1.54, 1.807) is 31.0 Å². The fraction of sp³-hybridized carbons (Fsp3) is 0.333. The largest absolute Gasteiger partial charge is 0.495 e. The van der Waals surface area contributed by atoms with Gasteiger partial charge in [-0.1, -0.05) is 36.6 Å². The molecule has 1 aliphatic rings. The van der Waals surface area contributed by atoms with Crippen molar-refractivity contribution in [1.29, 1.82) is 0 Å². The first-order valence-electron chi connectivity index (χ1n) is 11.1. The molecule has 10 nitrogen and oxygen atoms in total. The first-order chi connectivity index (χ1) is 16.6. The maximum Gasteiger partial charge on any atom is 0.255 e. The van der Waals surface area contributed by atoms with Crippen molar-refractivity contribution in [3.8, 4) is 17.2 Å². The van der Waals surface area contributed by atoms with Crippen LogP contribution in [0.15, 0.2) is 53.7 Å². The number of hydrogen-bond donors (Lipinski definition) is 2. The maximum atomic E-state index is 13.6. The number of para-hydroxylation sites is 2. The van der Waals surface area contributed by atoms with Gasteiger partial charge in [-0.2, -0.15) is 4.68 Å². The number of ether oxygens (including phenoxy) is 3. The van der Waals surface area contributed by atoms with Crippen molar-refractivity contribution in [2.75, 3.05) is 31.5 Å². The molecular formula is C24H28N6O4. The monoisotopic (exact) mass is 464 g/mol. The molecule has 0 aliphatic carbocycles. The van der Waals surface area contributed by atoms with Gasteiger partial charge in [0.15, 0.2) is 11.5 Å². The van der Waals surface area contributed by atoms with E-state index in [4.69, 9.17) is 14.2 Å². The molecule has 0 bridgehead atoms. The number of nitrogens with zero attached hydrogens (tertiary/aromatic N) is 4. The van der Waals surface area contributed by atoms with E-state index >= 15 is 0 Å². The summed E-state index contributed by atoms with van der Waals surface area (Å²) < 4.78 is 18.4. The summed E-state index contributed by atoms with van der Waals surface area (Å²) in [6.07, 6.45) is 1.98. The Morgan fingerprint density at radius 3 is 2.68 bits per heavy atom. The zero-order valence-corrected chi connectivity index (χ0v) is 19.7. The number of carbonyl (C=O) groups excluding carboxylic acids is 1. The molecule has 3 aromatic rings. The van der Waals surface area contributed by atoms with Crippen LogP contribution in [0.3, 0.4) is 0 Å². The van der Waals surface area contributed by atoms with Crippen LogP contribution < -0.4 is 24.8 Å². The normalized spacial score (nSPS) is 14.8. The van der Waals surface area contributed by atoms with E-state index in [0.29, 0.717) is 46.8 Å². The summed E-state index contributed by atoms with van der Waals surface area (Å²) in [5.74, 6) is 1.92. The van der Waals surface area contributed by atoms with Gasteiger partial charge in [0.25, 0.3) is 5.91 Å². The average Bonchev–Trinajstić information content (AvgIpc) is 3.31. The van der Waals surface area contributed by atoms with Gasteiger partial charge in [0.1, 0.15) is 11.8 Å². The number of allylic oxidation sites excluding steroid dienone is 1. The topological polar surface area (TPSA) is 112 Å². The highest BCUT2D eigenvalue weighted by molar-refractivity contribution is 6.06. The molecule has 34 heavy (non-hydrogen) atoms. The minimum atomic E-state index is -0.584. The maximum absolute atomic E-state index is 13.6. The van der Waals surface area contributed by atoms with Gasteiger partial charge in [-0.05, 0) is 53.6 Å². The molecule has 4 rings (SSSR count). The lowest BCUT2D eigenvalue weighted by atomic mass is 9.94. The highest BCUT2D eigenvalue weighted by atomic mass is 16.5. The van der Waals surface area contributed by atoms with Gasteiger partial charge in [0.05, 0.1) is 32.1 Å². The summed E-state index contributed by atoms with van der Waals surface area (Å²) in [5.41, 5.74) is 2.45. The number of unbranched alkanes of at least 4 members (excludes halogenated alkanes) is 1. The third-order valence-electron chi connectivity index (χ3n) is 5.57. The summed E-state index contributed by atoms with van der Waals surface area (Å²) in [6.45, 7) is 4.53. The molecule has 0 saturated carbocycles. The van der Waals surface area contributed by atoms with Gasteiger partial charge in [-0.3, -0.25) is 4.79 Å². The highest BCUT2D eigenvalue weighted by Gasteiger charge is 2.34. The van der Waals surface area contributed by atoms with E-state index in [2.05, 4.69) is 33.1 Å². The predicted molar refractivity (Wildman–Crippen MR) is 127 cm³/mol. The molecular weight excluding hydrogens is 436 g/mol. The lowest BCUT2D eigenvalue weighted by Gasteiger charge is -2.28. The van der Waals surface area contributed by atoms with E-state index in [1.165, 1.54) is 0 Å². The van der Waals surface area contributed by atoms with Crippen LogP contribution >= 0.6 is 0 Å². The van der Waals surface area contributed by atoms with Gasteiger partial charge < -0.3 is 24.8 Å². The Morgan fingerprint density at radius 1 is 1.12 bits per heavy atom. The second-order valence-corrected chi connectivity index (χ2v) is 7.78. The number of nitrogens with one attached hydrogen (secondary N) is 2. The molecule has 0 unspecified atom stereocenters. The fourth-order valence-electron chi connectivity index (χ4n) is 3.85. The number of fused-ring (bicyclic) bond motifs is 1. The van der Waals surface area contributed by atoms with E-state index in [-0.39, 0.29) is 5.91 Å². The summed E-state index contributed by atoms with van der Waals surface area (Å²) >= 11 is 0. The molecule has 0 radical (unpaired) electrons. The third kappa shape index (κ3) is 4.52. The number of anilines is 2. The minimum Gasteiger partial charge on any atom is -0.495 e. The second kappa shape index (κ2) is 10.2. The zero-order chi connectivity index (χ0) is 24.1. The van der Waals surface area contributed by atoms with Crippen LogP contribution in [0.2, 0.25) is 0 Å². The Labute approximate surface area is 197 Å². The highest BCUT2D eigenvalue weighted by Crippen LogP contribution is 2.39. The van der Waals surface area contributed by atoms with Crippen molar-refractivity contribution in [2.24, 2.45) is 0 Å². The zero-order valence-electron chi connectivity index (χ0n) is 19.7. The first-order valence-corrected chi connectivity index (χ1v) is 11.1. The molecule has 0 spiro atoms. The Morgan fingerprint density at radius 2 is 1.91 bits per heavy atom. The molecule has 10 heteroatoms. The molecule has 178 valence electrons. The van der Waals surface area contributed by atoms with Crippen molar-refractivity contribution in [1.82, 2.24) is 20.2 Å². The molecule has 1 amide bonds. The van der Waals surface area contributed by atoms with Crippen LogP contribution in [0.25, 0.3) is 0 Å². The van der Waals surface area contributed by atoms with Crippen molar-refractivity contribution in [3.05, 3.63) is 59.3 Å². The van der Waals surface area contributed by atoms with E-state index in [1.807, 2.05) is 37.3 Å². The average molecular weight is 465 g/mol. The summed E-state index contributed by atoms with van der Waals surface area (Å²) in [6, 6.07) is 12.3. The van der Waals surface area contributed by atoms with Crippen molar-refractivity contribution >= 4 is 17.5 Å². The number of rotatable bonds is 9. The number of benzene rings is 2. The van der Waals surface area contributed by atoms with Gasteiger partial charge in [0.2, 0.25) is 5.95 Å². The lowest BCUT2D eigenvalue weighted by Crippen LogP contribution is -2.31. The fourth-order valence-corrected chi connectivity index (χ4v) is 3.85. The number of tetrazole rings is 1. The quantitative estimate of drug-likeness (QED) is 0.460. The van der Waals surface area contributed by atoms with E-state index < -0.39 is 6.04 Å². The Bertz CT molecular complexity index is 1210. The molecule has 1 aromatic heterocycles. The van der Waals surface area contributed by atoms with Crippen LogP contribution in [-0.2, 0) is 4.79 Å². The molecule has 0 saturated heterocycles. The Hall–Kier alpha value is -4.08. The Balaban J connectivity index is 1.72. The van der Waals surface area contributed by atoms with Gasteiger partial charge in [-0.15, -0.1) is 0 Å². The molecule has 1 atom stereocenters. The number of hydrogen-bond acceptors (Lipinski definition) is 8. The standard InChI is InChI=1S/C24H28N6O4/c1-5-6-13-34-19-12-11-16(14-20(19)33-4)22-21(15(2)25-24-27-28-29-30(22)24)23(31)26-17-9-7-8-10-18(17)32-3/h7-12,14,22H,5-6,13H2,1-4H3,(H,26,31)(H,25,27,29)/t22-/m0/s1. The third-order valence-corrected chi connectivity index (χ3v) is 5.57. The first kappa shape index (κ1) is 23.1. The van der Waals surface area contributed by atoms with Gasteiger partial charge in [0, 0.05) is 5.70 Å². The van der Waals surface area contributed by atoms with E-state index in [0.717, 1.165) is 18.4 Å². The predicted octanol–water partition coefficient (Wildman–Crippen LogP) is 3.80.